The van der Waals surface area contributed by atoms with Gasteiger partial charge in [-0.25, -0.2) is 14.4 Å². The van der Waals surface area contributed by atoms with Crippen molar-refractivity contribution in [3.8, 4) is 0 Å². The number of benzene rings is 1. The number of nitrogens with one attached hydrogen (secondary N) is 2. The molecule has 0 atom stereocenters. The van der Waals surface area contributed by atoms with Crippen LogP contribution in [0, 0.1) is 12.7 Å². The van der Waals surface area contributed by atoms with Crippen LogP contribution in [-0.4, -0.2) is 16.5 Å². The van der Waals surface area contributed by atoms with E-state index in [1.54, 1.807) is 12.1 Å². The Bertz CT molecular complexity index is 626. The van der Waals surface area contributed by atoms with Crippen molar-refractivity contribution in [2.45, 2.75) is 27.2 Å². The summed E-state index contributed by atoms with van der Waals surface area (Å²) < 4.78 is 14.6. The maximum Gasteiger partial charge on any atom is 0.147 e. The number of nitrogens with zero attached hydrogens (tertiary/aromatic N) is 2. The summed E-state index contributed by atoms with van der Waals surface area (Å²) in [6.07, 6.45) is 0.714. The Morgan fingerprint density at radius 3 is 2.52 bits per heavy atom. The monoisotopic (exact) mass is 352 g/mol. The van der Waals surface area contributed by atoms with E-state index in [9.17, 15) is 4.39 Å². The summed E-state index contributed by atoms with van der Waals surface area (Å²) in [5.41, 5.74) is 1.24. The molecular formula is C15H18BrFN4. The number of aryl methyl sites for hydroxylation is 1. The molecule has 21 heavy (non-hydrogen) atoms. The first-order valence-electron chi connectivity index (χ1n) is 6.89. The third-order valence-electron chi connectivity index (χ3n) is 3.06. The van der Waals surface area contributed by atoms with Gasteiger partial charge in [0.15, 0.2) is 0 Å². The Hall–Kier alpha value is -1.69. The van der Waals surface area contributed by atoms with Crippen LogP contribution in [0.15, 0.2) is 22.7 Å². The molecule has 0 aliphatic rings. The Morgan fingerprint density at radius 2 is 1.90 bits per heavy atom. The maximum absolute atomic E-state index is 13.9. The second-order valence-electron chi connectivity index (χ2n) is 4.57. The standard InChI is InChI=1S/C15H18BrFN4/c1-4-12-19-14(18-5-2)9(3)15(20-12)21-13-10(16)7-6-8-11(13)17/h6-8H,4-5H2,1-3H3,(H2,18,19,20,21). The van der Waals surface area contributed by atoms with Gasteiger partial charge < -0.3 is 10.6 Å². The molecule has 1 aromatic heterocycles. The lowest BCUT2D eigenvalue weighted by atomic mass is 10.2. The number of para-hydroxylation sites is 1. The normalized spacial score (nSPS) is 10.5. The zero-order valence-corrected chi connectivity index (χ0v) is 13.9. The molecule has 0 saturated carbocycles. The molecule has 0 radical (unpaired) electrons. The minimum Gasteiger partial charge on any atom is -0.370 e. The highest BCUT2D eigenvalue weighted by Gasteiger charge is 2.13. The number of hydrogen-bond donors (Lipinski definition) is 2. The van der Waals surface area contributed by atoms with E-state index in [1.165, 1.54) is 6.07 Å². The fourth-order valence-electron chi connectivity index (χ4n) is 1.92. The van der Waals surface area contributed by atoms with Crippen LogP contribution in [0.4, 0.5) is 21.7 Å². The average molecular weight is 353 g/mol. The number of halogens is 2. The minimum absolute atomic E-state index is 0.328. The van der Waals surface area contributed by atoms with E-state index < -0.39 is 0 Å². The van der Waals surface area contributed by atoms with Gasteiger partial charge in [-0.3, -0.25) is 0 Å². The molecule has 6 heteroatoms. The van der Waals surface area contributed by atoms with Gasteiger partial charge in [-0.2, -0.15) is 0 Å². The zero-order chi connectivity index (χ0) is 15.4. The van der Waals surface area contributed by atoms with Gasteiger partial charge in [0.05, 0.1) is 5.69 Å². The van der Waals surface area contributed by atoms with Crippen LogP contribution in [0.5, 0.6) is 0 Å². The molecule has 0 fully saturated rings. The topological polar surface area (TPSA) is 49.8 Å². The molecule has 0 saturated heterocycles. The Morgan fingerprint density at radius 1 is 1.19 bits per heavy atom. The summed E-state index contributed by atoms with van der Waals surface area (Å²) in [7, 11) is 0. The molecule has 0 spiro atoms. The lowest BCUT2D eigenvalue weighted by Gasteiger charge is -2.15. The Kier molecular flexibility index (Phi) is 5.12. The molecule has 2 rings (SSSR count). The van der Waals surface area contributed by atoms with E-state index in [0.717, 1.165) is 17.9 Å². The van der Waals surface area contributed by atoms with Crippen molar-refractivity contribution in [1.82, 2.24) is 9.97 Å². The molecule has 0 bridgehead atoms. The third-order valence-corrected chi connectivity index (χ3v) is 3.72. The van der Waals surface area contributed by atoms with Gasteiger partial charge in [0.1, 0.15) is 23.3 Å². The van der Waals surface area contributed by atoms with Gasteiger partial charge in [0, 0.05) is 23.0 Å². The van der Waals surface area contributed by atoms with Crippen molar-refractivity contribution in [2.75, 3.05) is 17.2 Å². The Balaban J connectivity index is 2.46. The number of aromatic nitrogens is 2. The first kappa shape index (κ1) is 15.7. The highest BCUT2D eigenvalue weighted by Crippen LogP contribution is 2.30. The van der Waals surface area contributed by atoms with Gasteiger partial charge in [-0.15, -0.1) is 0 Å². The smallest absolute Gasteiger partial charge is 0.147 e. The summed E-state index contributed by atoms with van der Waals surface area (Å²) in [6.45, 7) is 6.68. The Labute approximate surface area is 132 Å². The van der Waals surface area contributed by atoms with Crippen LogP contribution in [0.25, 0.3) is 0 Å². The van der Waals surface area contributed by atoms with Crippen LogP contribution in [0.2, 0.25) is 0 Å². The molecule has 0 unspecified atom stereocenters. The summed E-state index contributed by atoms with van der Waals surface area (Å²) in [6, 6.07) is 4.85. The van der Waals surface area contributed by atoms with Crippen LogP contribution < -0.4 is 10.6 Å². The summed E-state index contributed by atoms with van der Waals surface area (Å²) in [5.74, 6) is 1.78. The SMILES string of the molecule is CCNc1nc(CC)nc(Nc2c(F)cccc2Br)c1C. The van der Waals surface area contributed by atoms with Gasteiger partial charge >= 0.3 is 0 Å². The minimum atomic E-state index is -0.328. The van der Waals surface area contributed by atoms with Gasteiger partial charge in [0.2, 0.25) is 0 Å². The fourth-order valence-corrected chi connectivity index (χ4v) is 2.36. The van der Waals surface area contributed by atoms with Crippen LogP contribution in [-0.2, 0) is 6.42 Å². The summed E-state index contributed by atoms with van der Waals surface area (Å²) >= 11 is 3.35. The van der Waals surface area contributed by atoms with Crippen LogP contribution in [0.1, 0.15) is 25.2 Å². The van der Waals surface area contributed by atoms with Crippen molar-refractivity contribution in [3.05, 3.63) is 39.9 Å². The first-order valence-corrected chi connectivity index (χ1v) is 7.68. The number of rotatable bonds is 5. The van der Waals surface area contributed by atoms with Crippen molar-refractivity contribution in [2.24, 2.45) is 0 Å². The summed E-state index contributed by atoms with van der Waals surface area (Å²) in [4.78, 5) is 8.92. The van der Waals surface area contributed by atoms with Crippen LogP contribution >= 0.6 is 15.9 Å². The van der Waals surface area contributed by atoms with Crippen molar-refractivity contribution in [3.63, 3.8) is 0 Å². The molecule has 2 N–H and O–H groups in total. The molecule has 2 aromatic rings. The third kappa shape index (κ3) is 3.50. The van der Waals surface area contributed by atoms with E-state index in [-0.39, 0.29) is 5.82 Å². The molecule has 112 valence electrons. The molecule has 0 aliphatic heterocycles. The summed E-state index contributed by atoms with van der Waals surface area (Å²) in [5, 5.41) is 6.28. The highest BCUT2D eigenvalue weighted by molar-refractivity contribution is 9.10. The van der Waals surface area contributed by atoms with E-state index >= 15 is 0 Å². The van der Waals surface area contributed by atoms with Crippen molar-refractivity contribution >= 4 is 33.3 Å². The predicted molar refractivity (Wildman–Crippen MR) is 87.7 cm³/mol. The molecule has 1 aromatic carbocycles. The van der Waals surface area contributed by atoms with Crippen molar-refractivity contribution < 1.29 is 4.39 Å². The second-order valence-corrected chi connectivity index (χ2v) is 5.42. The first-order chi connectivity index (χ1) is 10.1. The zero-order valence-electron chi connectivity index (χ0n) is 12.3. The maximum atomic E-state index is 13.9. The van der Waals surface area contributed by atoms with Gasteiger partial charge in [0.25, 0.3) is 0 Å². The van der Waals surface area contributed by atoms with Gasteiger partial charge in [-0.05, 0) is 41.9 Å². The lowest BCUT2D eigenvalue weighted by molar-refractivity contribution is 0.631. The largest absolute Gasteiger partial charge is 0.370 e. The average Bonchev–Trinajstić information content (AvgIpc) is 2.46. The second kappa shape index (κ2) is 6.85. The molecule has 0 amide bonds. The predicted octanol–water partition coefficient (Wildman–Crippen LogP) is 4.42. The molecule has 0 aliphatic carbocycles. The lowest BCUT2D eigenvalue weighted by Crippen LogP contribution is -2.09. The van der Waals surface area contributed by atoms with Crippen LogP contribution in [0.3, 0.4) is 0 Å². The number of anilines is 3. The van der Waals surface area contributed by atoms with E-state index in [4.69, 9.17) is 0 Å². The van der Waals surface area contributed by atoms with Gasteiger partial charge in [-0.1, -0.05) is 13.0 Å². The van der Waals surface area contributed by atoms with Crippen molar-refractivity contribution in [1.29, 1.82) is 0 Å². The number of hydrogen-bond acceptors (Lipinski definition) is 4. The molecular weight excluding hydrogens is 335 g/mol. The molecule has 4 nitrogen and oxygen atoms in total. The van der Waals surface area contributed by atoms with E-state index in [1.807, 2.05) is 20.8 Å². The highest BCUT2D eigenvalue weighted by atomic mass is 79.9. The molecule has 1 heterocycles. The fraction of sp³-hybridized carbons (Fsp3) is 0.333. The van der Waals surface area contributed by atoms with E-state index in [2.05, 4.69) is 36.5 Å². The quantitative estimate of drug-likeness (QED) is 0.835. The van der Waals surface area contributed by atoms with E-state index in [0.29, 0.717) is 28.2 Å².